The highest BCUT2D eigenvalue weighted by molar-refractivity contribution is 7.98. The van der Waals surface area contributed by atoms with Gasteiger partial charge in [-0.25, -0.2) is 14.2 Å². The largest absolute Gasteiger partial charge is 0.425 e. The maximum absolute atomic E-state index is 14.1. The van der Waals surface area contributed by atoms with Gasteiger partial charge in [0.1, 0.15) is 10.8 Å². The van der Waals surface area contributed by atoms with Crippen LogP contribution in [0.5, 0.6) is 11.8 Å². The molecule has 3 aromatic carbocycles. The molecule has 0 spiro atoms. The second kappa shape index (κ2) is 9.69. The summed E-state index contributed by atoms with van der Waals surface area (Å²) in [5.74, 6) is 0.295. The van der Waals surface area contributed by atoms with Gasteiger partial charge in [0, 0.05) is 12.1 Å². The third kappa shape index (κ3) is 4.18. The van der Waals surface area contributed by atoms with Crippen LogP contribution in [0.3, 0.4) is 0 Å². The minimum atomic E-state index is -0.487. The van der Waals surface area contributed by atoms with Crippen LogP contribution in [0.1, 0.15) is 5.69 Å². The molecule has 6 rings (SSSR count). The predicted octanol–water partition coefficient (Wildman–Crippen LogP) is 5.85. The Morgan fingerprint density at radius 2 is 1.51 bits per heavy atom. The molecule has 39 heavy (non-hydrogen) atoms. The van der Waals surface area contributed by atoms with Gasteiger partial charge in [-0.15, -0.1) is 11.8 Å². The molecule has 0 atom stereocenters. The number of rotatable bonds is 6. The van der Waals surface area contributed by atoms with Crippen molar-refractivity contribution < 1.29 is 9.66 Å². The lowest BCUT2D eigenvalue weighted by molar-refractivity contribution is -0.384. The van der Waals surface area contributed by atoms with Gasteiger partial charge in [-0.1, -0.05) is 36.4 Å². The molecule has 0 aliphatic heterocycles. The molecule has 0 bridgehead atoms. The van der Waals surface area contributed by atoms with Gasteiger partial charge >= 0.3 is 6.01 Å². The fourth-order valence-electron chi connectivity index (χ4n) is 4.43. The Bertz CT molecular complexity index is 1920. The average molecular weight is 537 g/mol. The molecule has 6 aromatic rings. The van der Waals surface area contributed by atoms with Gasteiger partial charge in [0.05, 0.1) is 38.3 Å². The van der Waals surface area contributed by atoms with Gasteiger partial charge in [0.2, 0.25) is 0 Å². The summed E-state index contributed by atoms with van der Waals surface area (Å²) in [5.41, 5.74) is 2.45. The van der Waals surface area contributed by atoms with Gasteiger partial charge < -0.3 is 4.74 Å². The number of pyridine rings is 1. The zero-order valence-electron chi connectivity index (χ0n) is 20.8. The second-order valence-electron chi connectivity index (χ2n) is 8.60. The first kappa shape index (κ1) is 24.3. The standard InChI is InChI=1S/C28H20N6O4S/c1-17-22-24(23-25(29-17)33(31-26(23)39-2)19-11-7-4-8-12-19)30-28(32(27(22)35)18-9-5-3-6-10-18)38-21-15-13-20(14-16-21)34(36)37/h3-16H,1-2H3. The van der Waals surface area contributed by atoms with E-state index < -0.39 is 4.92 Å². The van der Waals surface area contributed by atoms with Crippen LogP contribution in [-0.2, 0) is 0 Å². The fourth-order valence-corrected chi connectivity index (χ4v) is 4.99. The van der Waals surface area contributed by atoms with Crippen LogP contribution in [0.15, 0.2) is 94.7 Å². The minimum absolute atomic E-state index is 0.0129. The number of non-ortho nitro benzene ring substituents is 1. The molecule has 3 heterocycles. The van der Waals surface area contributed by atoms with Crippen molar-refractivity contribution in [2.45, 2.75) is 11.9 Å². The Morgan fingerprint density at radius 1 is 0.872 bits per heavy atom. The molecule has 11 heteroatoms. The lowest BCUT2D eigenvalue weighted by Gasteiger charge is -2.15. The van der Waals surface area contributed by atoms with E-state index in [2.05, 4.69) is 0 Å². The number of hydrogen-bond donors (Lipinski definition) is 0. The van der Waals surface area contributed by atoms with Crippen LogP contribution in [0.25, 0.3) is 33.3 Å². The van der Waals surface area contributed by atoms with Crippen LogP contribution < -0.4 is 10.3 Å². The number of nitrogens with zero attached hydrogens (tertiary/aromatic N) is 6. The number of nitro benzene ring substituents is 1. The highest BCUT2D eigenvalue weighted by Crippen LogP contribution is 2.34. The van der Waals surface area contributed by atoms with E-state index in [0.29, 0.717) is 44.1 Å². The molecule has 0 fully saturated rings. The predicted molar refractivity (Wildman–Crippen MR) is 149 cm³/mol. The van der Waals surface area contributed by atoms with Crippen LogP contribution in [0, 0.1) is 17.0 Å². The van der Waals surface area contributed by atoms with Crippen molar-refractivity contribution in [3.05, 3.63) is 111 Å². The maximum Gasteiger partial charge on any atom is 0.310 e. The summed E-state index contributed by atoms with van der Waals surface area (Å²) in [6.07, 6.45) is 1.91. The molecule has 192 valence electrons. The zero-order valence-corrected chi connectivity index (χ0v) is 21.6. The third-order valence-corrected chi connectivity index (χ3v) is 6.89. The topological polar surface area (TPSA) is 118 Å². The van der Waals surface area contributed by atoms with Crippen LogP contribution in [0.2, 0.25) is 0 Å². The molecule has 10 nitrogen and oxygen atoms in total. The van der Waals surface area contributed by atoms with Crippen LogP contribution in [0.4, 0.5) is 5.69 Å². The van der Waals surface area contributed by atoms with Crippen molar-refractivity contribution in [1.82, 2.24) is 24.3 Å². The number of para-hydroxylation sites is 2. The van der Waals surface area contributed by atoms with E-state index in [-0.39, 0.29) is 17.3 Å². The minimum Gasteiger partial charge on any atom is -0.425 e. The quantitative estimate of drug-likeness (QED) is 0.148. The zero-order chi connectivity index (χ0) is 27.1. The number of benzene rings is 3. The molecule has 0 amide bonds. The van der Waals surface area contributed by atoms with E-state index >= 15 is 0 Å². The summed E-state index contributed by atoms with van der Waals surface area (Å²) in [6, 6.07) is 24.3. The first-order chi connectivity index (χ1) is 19.0. The maximum atomic E-state index is 14.1. The number of aromatic nitrogens is 5. The first-order valence-corrected chi connectivity index (χ1v) is 13.1. The van der Waals surface area contributed by atoms with E-state index in [4.69, 9.17) is 19.8 Å². The number of ether oxygens (including phenoxy) is 1. The van der Waals surface area contributed by atoms with Gasteiger partial charge in [0.25, 0.3) is 11.2 Å². The highest BCUT2D eigenvalue weighted by atomic mass is 32.2. The number of hydrogen-bond acceptors (Lipinski definition) is 8. The van der Waals surface area contributed by atoms with Crippen molar-refractivity contribution in [3.63, 3.8) is 0 Å². The van der Waals surface area contributed by atoms with Crippen molar-refractivity contribution in [1.29, 1.82) is 0 Å². The number of aryl methyl sites for hydroxylation is 1. The SMILES string of the molecule is CSc1nn(-c2ccccc2)c2nc(C)c3c(=O)n(-c4ccccc4)c(Oc4ccc([N+](=O)[O-])cc4)nc3c12. The summed E-state index contributed by atoms with van der Waals surface area (Å²) in [7, 11) is 0. The van der Waals surface area contributed by atoms with Crippen molar-refractivity contribution in [3.8, 4) is 23.1 Å². The van der Waals surface area contributed by atoms with E-state index in [1.54, 1.807) is 23.7 Å². The number of thioether (sulfide) groups is 1. The first-order valence-electron chi connectivity index (χ1n) is 11.9. The lowest BCUT2D eigenvalue weighted by Crippen LogP contribution is -2.22. The summed E-state index contributed by atoms with van der Waals surface area (Å²) in [5, 5.41) is 17.5. The van der Waals surface area contributed by atoms with Crippen molar-refractivity contribution >= 4 is 39.4 Å². The van der Waals surface area contributed by atoms with E-state index in [9.17, 15) is 14.9 Å². The van der Waals surface area contributed by atoms with Crippen LogP contribution in [-0.4, -0.2) is 35.5 Å². The highest BCUT2D eigenvalue weighted by Gasteiger charge is 2.24. The molecule has 0 saturated heterocycles. The molecule has 0 radical (unpaired) electrons. The van der Waals surface area contributed by atoms with E-state index in [0.717, 1.165) is 5.69 Å². The van der Waals surface area contributed by atoms with Gasteiger partial charge in [-0.2, -0.15) is 10.1 Å². The van der Waals surface area contributed by atoms with Crippen molar-refractivity contribution in [2.24, 2.45) is 0 Å². The van der Waals surface area contributed by atoms with E-state index in [1.807, 2.05) is 54.8 Å². The Hall–Kier alpha value is -5.03. The molecular formula is C28H20N6O4S. The molecule has 0 saturated carbocycles. The summed E-state index contributed by atoms with van der Waals surface area (Å²) < 4.78 is 9.24. The lowest BCUT2D eigenvalue weighted by atomic mass is 10.2. The molecular weight excluding hydrogens is 516 g/mol. The third-order valence-electron chi connectivity index (χ3n) is 6.22. The summed E-state index contributed by atoms with van der Waals surface area (Å²) in [6.45, 7) is 1.78. The van der Waals surface area contributed by atoms with Crippen LogP contribution >= 0.6 is 11.8 Å². The van der Waals surface area contributed by atoms with Gasteiger partial charge in [0.15, 0.2) is 5.65 Å². The van der Waals surface area contributed by atoms with E-state index in [1.165, 1.54) is 40.6 Å². The fraction of sp³-hybridized carbons (Fsp3) is 0.0714. The Kier molecular flexibility index (Phi) is 6.04. The average Bonchev–Trinajstić information content (AvgIpc) is 3.33. The van der Waals surface area contributed by atoms with Crippen molar-refractivity contribution in [2.75, 3.05) is 6.26 Å². The molecule has 0 aliphatic rings. The van der Waals surface area contributed by atoms with Gasteiger partial charge in [-0.3, -0.25) is 14.9 Å². The molecule has 0 aliphatic carbocycles. The second-order valence-corrected chi connectivity index (χ2v) is 9.39. The number of fused-ring (bicyclic) bond motifs is 3. The Labute approximate surface area is 225 Å². The monoisotopic (exact) mass is 536 g/mol. The number of nitro groups is 1. The molecule has 3 aromatic heterocycles. The summed E-state index contributed by atoms with van der Waals surface area (Å²) in [4.78, 5) is 34.4. The smallest absolute Gasteiger partial charge is 0.310 e. The molecule has 0 unspecified atom stereocenters. The Morgan fingerprint density at radius 3 is 2.13 bits per heavy atom. The normalized spacial score (nSPS) is 11.2. The Balaban J connectivity index is 1.67. The van der Waals surface area contributed by atoms with Gasteiger partial charge in [-0.05, 0) is 49.6 Å². The summed E-state index contributed by atoms with van der Waals surface area (Å²) >= 11 is 1.43. The molecule has 0 N–H and O–H groups in total.